The van der Waals surface area contributed by atoms with Gasteiger partial charge < -0.3 is 14.2 Å². The van der Waals surface area contributed by atoms with E-state index in [1.807, 2.05) is 46.8 Å². The van der Waals surface area contributed by atoms with Crippen LogP contribution in [-0.4, -0.2) is 24.6 Å². The number of allylic oxidation sites excluding steroid dienone is 1. The average Bonchev–Trinajstić information content (AvgIpc) is 2.67. The summed E-state index contributed by atoms with van der Waals surface area (Å²) < 4.78 is 17.3. The fourth-order valence-electron chi connectivity index (χ4n) is 2.69. The molecule has 0 radical (unpaired) electrons. The molecule has 0 fully saturated rings. The van der Waals surface area contributed by atoms with Gasteiger partial charge in [-0.2, -0.15) is 0 Å². The van der Waals surface area contributed by atoms with Crippen molar-refractivity contribution in [3.63, 3.8) is 0 Å². The maximum absolute atomic E-state index is 12.6. The molecule has 0 N–H and O–H groups in total. The highest BCUT2D eigenvalue weighted by molar-refractivity contribution is 6.07. The molecular weight excluding hydrogens is 364 g/mol. The predicted molar refractivity (Wildman–Crippen MR) is 118 cm³/mol. The molecule has 0 aliphatic heterocycles. The Morgan fingerprint density at radius 3 is 2.21 bits per heavy atom. The molecular formula is C25H30O4. The third-order valence-electron chi connectivity index (χ3n) is 3.95. The van der Waals surface area contributed by atoms with E-state index < -0.39 is 0 Å². The van der Waals surface area contributed by atoms with Crippen LogP contribution in [0.15, 0.2) is 55.1 Å². The molecule has 154 valence electrons. The maximum Gasteiger partial charge on any atom is 0.185 e. The summed E-state index contributed by atoms with van der Waals surface area (Å²) in [6, 6.07) is 10.9. The summed E-state index contributed by atoms with van der Waals surface area (Å²) >= 11 is 0. The molecule has 0 aliphatic carbocycles. The van der Waals surface area contributed by atoms with Crippen LogP contribution in [0.5, 0.6) is 17.2 Å². The quantitative estimate of drug-likeness (QED) is 0.280. The Kier molecular flexibility index (Phi) is 8.08. The lowest BCUT2D eigenvalue weighted by atomic mass is 10.1. The summed E-state index contributed by atoms with van der Waals surface area (Å²) in [5, 5.41) is 0. The lowest BCUT2D eigenvalue weighted by Crippen LogP contribution is -2.10. The second kappa shape index (κ2) is 10.5. The number of ketones is 1. The first kappa shape index (κ1) is 22.3. The SMILES string of the molecule is C=CCOc1ccc(C(=O)C=Cc2cc(C)c(OC(C)C)cc2OC(C)C)cc1. The van der Waals surface area contributed by atoms with Gasteiger partial charge in [0, 0.05) is 17.2 Å². The van der Waals surface area contributed by atoms with Gasteiger partial charge in [0.1, 0.15) is 23.9 Å². The van der Waals surface area contributed by atoms with E-state index in [0.29, 0.717) is 23.7 Å². The fourth-order valence-corrected chi connectivity index (χ4v) is 2.69. The summed E-state index contributed by atoms with van der Waals surface area (Å²) in [4.78, 5) is 12.6. The van der Waals surface area contributed by atoms with Crippen molar-refractivity contribution in [2.24, 2.45) is 0 Å². The Bertz CT molecular complexity index is 861. The molecule has 0 heterocycles. The van der Waals surface area contributed by atoms with Crippen molar-refractivity contribution in [1.82, 2.24) is 0 Å². The topological polar surface area (TPSA) is 44.8 Å². The monoisotopic (exact) mass is 394 g/mol. The van der Waals surface area contributed by atoms with E-state index in [4.69, 9.17) is 14.2 Å². The smallest absolute Gasteiger partial charge is 0.185 e. The summed E-state index contributed by atoms with van der Waals surface area (Å²) in [6.07, 6.45) is 5.11. The lowest BCUT2D eigenvalue weighted by Gasteiger charge is -2.18. The summed E-state index contributed by atoms with van der Waals surface area (Å²) in [7, 11) is 0. The van der Waals surface area contributed by atoms with E-state index in [9.17, 15) is 4.79 Å². The minimum atomic E-state index is -0.0871. The van der Waals surface area contributed by atoms with Gasteiger partial charge in [-0.1, -0.05) is 12.7 Å². The molecule has 0 saturated carbocycles. The van der Waals surface area contributed by atoms with Gasteiger partial charge in [0.15, 0.2) is 5.78 Å². The first-order valence-electron chi connectivity index (χ1n) is 9.84. The first-order chi connectivity index (χ1) is 13.8. The average molecular weight is 395 g/mol. The highest BCUT2D eigenvalue weighted by Crippen LogP contribution is 2.31. The number of hydrogen-bond acceptors (Lipinski definition) is 4. The Morgan fingerprint density at radius 1 is 1.00 bits per heavy atom. The van der Waals surface area contributed by atoms with Gasteiger partial charge in [-0.05, 0) is 82.7 Å². The molecule has 0 saturated heterocycles. The molecule has 0 aliphatic rings. The molecule has 0 amide bonds. The zero-order chi connectivity index (χ0) is 21.4. The summed E-state index contributed by atoms with van der Waals surface area (Å²) in [5.74, 6) is 2.10. The van der Waals surface area contributed by atoms with Gasteiger partial charge >= 0.3 is 0 Å². The third-order valence-corrected chi connectivity index (χ3v) is 3.95. The highest BCUT2D eigenvalue weighted by Gasteiger charge is 2.11. The van der Waals surface area contributed by atoms with Crippen LogP contribution in [-0.2, 0) is 0 Å². The largest absolute Gasteiger partial charge is 0.491 e. The predicted octanol–water partition coefficient (Wildman–Crippen LogP) is 6.03. The Hall–Kier alpha value is -3.01. The number of rotatable bonds is 10. The number of carbonyl (C=O) groups is 1. The van der Waals surface area contributed by atoms with E-state index in [2.05, 4.69) is 6.58 Å². The number of aryl methyl sites for hydroxylation is 1. The van der Waals surface area contributed by atoms with E-state index in [-0.39, 0.29) is 18.0 Å². The van der Waals surface area contributed by atoms with Gasteiger partial charge in [0.2, 0.25) is 0 Å². The van der Waals surface area contributed by atoms with Crippen LogP contribution in [0.1, 0.15) is 49.2 Å². The molecule has 0 unspecified atom stereocenters. The molecule has 4 nitrogen and oxygen atoms in total. The Labute approximate surface area is 173 Å². The molecule has 0 bridgehead atoms. The van der Waals surface area contributed by atoms with Gasteiger partial charge in [-0.15, -0.1) is 0 Å². The van der Waals surface area contributed by atoms with Crippen molar-refractivity contribution in [2.75, 3.05) is 6.61 Å². The van der Waals surface area contributed by atoms with Crippen LogP contribution in [0.25, 0.3) is 6.08 Å². The van der Waals surface area contributed by atoms with Crippen molar-refractivity contribution in [2.45, 2.75) is 46.8 Å². The molecule has 29 heavy (non-hydrogen) atoms. The molecule has 0 aromatic heterocycles. The molecule has 4 heteroatoms. The molecule has 0 atom stereocenters. The van der Waals surface area contributed by atoms with Gasteiger partial charge in [-0.25, -0.2) is 0 Å². The van der Waals surface area contributed by atoms with Crippen LogP contribution in [0.2, 0.25) is 0 Å². The van der Waals surface area contributed by atoms with Crippen molar-refractivity contribution in [1.29, 1.82) is 0 Å². The number of carbonyl (C=O) groups excluding carboxylic acids is 1. The summed E-state index contributed by atoms with van der Waals surface area (Å²) in [5.41, 5.74) is 2.42. The number of hydrogen-bond donors (Lipinski definition) is 0. The van der Waals surface area contributed by atoms with Crippen LogP contribution in [0, 0.1) is 6.92 Å². The minimum absolute atomic E-state index is 0.00978. The molecule has 2 rings (SSSR count). The van der Waals surface area contributed by atoms with E-state index in [1.165, 1.54) is 0 Å². The van der Waals surface area contributed by atoms with Crippen molar-refractivity contribution >= 4 is 11.9 Å². The normalized spacial score (nSPS) is 11.1. The van der Waals surface area contributed by atoms with E-state index in [1.54, 1.807) is 42.5 Å². The van der Waals surface area contributed by atoms with Crippen LogP contribution < -0.4 is 14.2 Å². The van der Waals surface area contributed by atoms with Crippen LogP contribution in [0.4, 0.5) is 0 Å². The second-order valence-corrected chi connectivity index (χ2v) is 7.31. The van der Waals surface area contributed by atoms with Crippen LogP contribution in [0.3, 0.4) is 0 Å². The Morgan fingerprint density at radius 2 is 1.62 bits per heavy atom. The maximum atomic E-state index is 12.6. The molecule has 2 aromatic carbocycles. The van der Waals surface area contributed by atoms with Gasteiger partial charge in [0.05, 0.1) is 12.2 Å². The standard InChI is InChI=1S/C25H30O4/c1-7-14-27-22-11-8-20(9-12-22)23(26)13-10-21-15-19(6)24(28-17(2)3)16-25(21)29-18(4)5/h7-13,15-18H,1,14H2,2-6H3. The van der Waals surface area contributed by atoms with Crippen LogP contribution >= 0.6 is 0 Å². The number of benzene rings is 2. The number of ether oxygens (including phenoxy) is 3. The first-order valence-corrected chi connectivity index (χ1v) is 9.84. The van der Waals surface area contributed by atoms with E-state index >= 15 is 0 Å². The zero-order valence-corrected chi connectivity index (χ0v) is 17.9. The molecule has 2 aromatic rings. The molecule has 0 spiro atoms. The summed E-state index contributed by atoms with van der Waals surface area (Å²) in [6.45, 7) is 14.0. The minimum Gasteiger partial charge on any atom is -0.491 e. The van der Waals surface area contributed by atoms with Gasteiger partial charge in [0.25, 0.3) is 0 Å². The fraction of sp³-hybridized carbons (Fsp3) is 0.320. The zero-order valence-electron chi connectivity index (χ0n) is 17.9. The Balaban J connectivity index is 2.24. The van der Waals surface area contributed by atoms with Gasteiger partial charge in [-0.3, -0.25) is 4.79 Å². The highest BCUT2D eigenvalue weighted by atomic mass is 16.5. The van der Waals surface area contributed by atoms with E-state index in [0.717, 1.165) is 16.9 Å². The second-order valence-electron chi connectivity index (χ2n) is 7.31. The van der Waals surface area contributed by atoms with Crippen molar-refractivity contribution < 1.29 is 19.0 Å². The van der Waals surface area contributed by atoms with Crippen molar-refractivity contribution in [3.05, 3.63) is 71.8 Å². The lowest BCUT2D eigenvalue weighted by molar-refractivity contribution is 0.104. The van der Waals surface area contributed by atoms with Crippen molar-refractivity contribution in [3.8, 4) is 17.2 Å². The third kappa shape index (κ3) is 6.83.